The standard InChI is InChI=1S/C10H23NO2S/c1-4-5-6-7-14(12,13)10(3)8-9(2)11/h9-10H,4-8,11H2,1-3H3. The van der Waals surface area contributed by atoms with E-state index in [1.807, 2.05) is 6.92 Å². The monoisotopic (exact) mass is 221 g/mol. The van der Waals surface area contributed by atoms with Crippen LogP contribution in [0.3, 0.4) is 0 Å². The lowest BCUT2D eigenvalue weighted by atomic mass is 10.2. The summed E-state index contributed by atoms with van der Waals surface area (Å²) in [6.07, 6.45) is 3.39. The zero-order valence-corrected chi connectivity index (χ0v) is 10.3. The first-order chi connectivity index (χ1) is 6.40. The van der Waals surface area contributed by atoms with Crippen LogP contribution < -0.4 is 5.73 Å². The van der Waals surface area contributed by atoms with Gasteiger partial charge in [-0.3, -0.25) is 0 Å². The van der Waals surface area contributed by atoms with E-state index in [1.165, 1.54) is 0 Å². The van der Waals surface area contributed by atoms with Gasteiger partial charge in [-0.15, -0.1) is 0 Å². The fraction of sp³-hybridized carbons (Fsp3) is 1.00. The van der Waals surface area contributed by atoms with Crippen LogP contribution in [-0.4, -0.2) is 25.5 Å². The molecule has 2 N–H and O–H groups in total. The highest BCUT2D eigenvalue weighted by Gasteiger charge is 2.20. The lowest BCUT2D eigenvalue weighted by Crippen LogP contribution is -2.28. The van der Waals surface area contributed by atoms with Crippen LogP contribution in [-0.2, 0) is 9.84 Å². The van der Waals surface area contributed by atoms with E-state index in [0.717, 1.165) is 19.3 Å². The van der Waals surface area contributed by atoms with Crippen molar-refractivity contribution in [2.45, 2.75) is 57.7 Å². The second kappa shape index (κ2) is 6.40. The Kier molecular flexibility index (Phi) is 6.36. The van der Waals surface area contributed by atoms with Gasteiger partial charge in [0.15, 0.2) is 9.84 Å². The van der Waals surface area contributed by atoms with Crippen LogP contribution in [0.25, 0.3) is 0 Å². The molecule has 0 aliphatic rings. The SMILES string of the molecule is CCCCCS(=O)(=O)C(C)CC(C)N. The first-order valence-electron chi connectivity index (χ1n) is 5.37. The summed E-state index contributed by atoms with van der Waals surface area (Å²) in [5, 5.41) is -0.292. The molecule has 3 nitrogen and oxygen atoms in total. The summed E-state index contributed by atoms with van der Waals surface area (Å²) < 4.78 is 23.4. The molecule has 0 saturated carbocycles. The normalized spacial score (nSPS) is 16.6. The number of sulfone groups is 1. The minimum atomic E-state index is -2.91. The van der Waals surface area contributed by atoms with E-state index in [1.54, 1.807) is 6.92 Å². The highest BCUT2D eigenvalue weighted by atomic mass is 32.2. The lowest BCUT2D eigenvalue weighted by molar-refractivity contribution is 0.559. The topological polar surface area (TPSA) is 60.2 Å². The van der Waals surface area contributed by atoms with Gasteiger partial charge < -0.3 is 5.73 Å². The molecule has 2 atom stereocenters. The molecule has 4 heteroatoms. The molecule has 0 fully saturated rings. The third-order valence-corrected chi connectivity index (χ3v) is 4.63. The van der Waals surface area contributed by atoms with Gasteiger partial charge in [-0.05, 0) is 26.7 Å². The van der Waals surface area contributed by atoms with E-state index in [9.17, 15) is 8.42 Å². The van der Waals surface area contributed by atoms with Gasteiger partial charge in [-0.25, -0.2) is 8.42 Å². The maximum Gasteiger partial charge on any atom is 0.152 e. The largest absolute Gasteiger partial charge is 0.328 e. The molecule has 0 rings (SSSR count). The van der Waals surface area contributed by atoms with Gasteiger partial charge in [0.1, 0.15) is 0 Å². The van der Waals surface area contributed by atoms with Crippen molar-refractivity contribution in [3.63, 3.8) is 0 Å². The predicted octanol–water partition coefficient (Wildman–Crippen LogP) is 1.72. The molecule has 0 aromatic carbocycles. The molecule has 0 aromatic rings. The van der Waals surface area contributed by atoms with E-state index in [4.69, 9.17) is 5.73 Å². The van der Waals surface area contributed by atoms with Crippen LogP contribution >= 0.6 is 0 Å². The molecule has 14 heavy (non-hydrogen) atoms. The van der Waals surface area contributed by atoms with Crippen molar-refractivity contribution >= 4 is 9.84 Å². The molecular weight excluding hydrogens is 198 g/mol. The van der Waals surface area contributed by atoms with E-state index in [0.29, 0.717) is 12.2 Å². The summed E-state index contributed by atoms with van der Waals surface area (Å²) in [4.78, 5) is 0. The fourth-order valence-electron chi connectivity index (χ4n) is 1.42. The molecule has 0 saturated heterocycles. The van der Waals surface area contributed by atoms with E-state index in [-0.39, 0.29) is 11.3 Å². The Labute approximate surface area is 88.0 Å². The van der Waals surface area contributed by atoms with Crippen molar-refractivity contribution in [2.24, 2.45) is 5.73 Å². The Balaban J connectivity index is 4.04. The second-order valence-corrected chi connectivity index (χ2v) is 6.64. The summed E-state index contributed by atoms with van der Waals surface area (Å²) in [5.74, 6) is 0.314. The highest BCUT2D eigenvalue weighted by Crippen LogP contribution is 2.11. The summed E-state index contributed by atoms with van der Waals surface area (Å²) in [7, 11) is -2.91. The Bertz CT molecular complexity index is 235. The zero-order valence-electron chi connectivity index (χ0n) is 9.49. The molecule has 0 amide bonds. The van der Waals surface area contributed by atoms with Crippen LogP contribution in [0, 0.1) is 0 Å². The Morgan fingerprint density at radius 3 is 2.21 bits per heavy atom. The molecule has 0 bridgehead atoms. The quantitative estimate of drug-likeness (QED) is 0.666. The molecule has 0 aromatic heterocycles. The first kappa shape index (κ1) is 13.9. The summed E-state index contributed by atoms with van der Waals surface area (Å²) in [6.45, 7) is 5.67. The first-order valence-corrected chi connectivity index (χ1v) is 7.08. The average molecular weight is 221 g/mol. The summed E-state index contributed by atoms with van der Waals surface area (Å²) in [6, 6.07) is -0.0362. The lowest BCUT2D eigenvalue weighted by Gasteiger charge is -2.14. The zero-order chi connectivity index (χ0) is 11.2. The van der Waals surface area contributed by atoms with Crippen molar-refractivity contribution in [3.05, 3.63) is 0 Å². The van der Waals surface area contributed by atoms with E-state index >= 15 is 0 Å². The van der Waals surface area contributed by atoms with Gasteiger partial charge in [-0.1, -0.05) is 19.8 Å². The molecule has 86 valence electrons. The second-order valence-electron chi connectivity index (χ2n) is 4.10. The molecule has 0 aliphatic carbocycles. The molecule has 0 heterocycles. The number of hydrogen-bond donors (Lipinski definition) is 1. The number of rotatable bonds is 7. The Morgan fingerprint density at radius 1 is 1.21 bits per heavy atom. The van der Waals surface area contributed by atoms with Crippen LogP contribution in [0.15, 0.2) is 0 Å². The number of nitrogens with two attached hydrogens (primary N) is 1. The van der Waals surface area contributed by atoms with Gasteiger partial charge in [0, 0.05) is 6.04 Å². The average Bonchev–Trinajstić information content (AvgIpc) is 2.03. The summed E-state index contributed by atoms with van der Waals surface area (Å²) >= 11 is 0. The molecule has 2 unspecified atom stereocenters. The van der Waals surface area contributed by atoms with Crippen molar-refractivity contribution in [2.75, 3.05) is 5.75 Å². The highest BCUT2D eigenvalue weighted by molar-refractivity contribution is 7.91. The van der Waals surface area contributed by atoms with Crippen LogP contribution in [0.2, 0.25) is 0 Å². The van der Waals surface area contributed by atoms with Gasteiger partial charge in [-0.2, -0.15) is 0 Å². The number of unbranched alkanes of at least 4 members (excludes halogenated alkanes) is 2. The molecule has 0 radical (unpaired) electrons. The number of hydrogen-bond acceptors (Lipinski definition) is 3. The van der Waals surface area contributed by atoms with Gasteiger partial charge in [0.2, 0.25) is 0 Å². The smallest absolute Gasteiger partial charge is 0.152 e. The van der Waals surface area contributed by atoms with Crippen molar-refractivity contribution in [3.8, 4) is 0 Å². The van der Waals surface area contributed by atoms with E-state index < -0.39 is 9.84 Å². The maximum atomic E-state index is 11.7. The van der Waals surface area contributed by atoms with Crippen LogP contribution in [0.4, 0.5) is 0 Å². The predicted molar refractivity (Wildman–Crippen MR) is 61.0 cm³/mol. The van der Waals surface area contributed by atoms with Crippen molar-refractivity contribution in [1.82, 2.24) is 0 Å². The Hall–Kier alpha value is -0.0900. The minimum absolute atomic E-state index is 0.0362. The Morgan fingerprint density at radius 2 is 1.79 bits per heavy atom. The van der Waals surface area contributed by atoms with Gasteiger partial charge >= 0.3 is 0 Å². The van der Waals surface area contributed by atoms with Gasteiger partial charge in [0.05, 0.1) is 11.0 Å². The minimum Gasteiger partial charge on any atom is -0.328 e. The molecule has 0 spiro atoms. The third-order valence-electron chi connectivity index (χ3n) is 2.35. The fourth-order valence-corrected chi connectivity index (χ4v) is 3.03. The maximum absolute atomic E-state index is 11.7. The van der Waals surface area contributed by atoms with Crippen LogP contribution in [0.1, 0.15) is 46.5 Å². The summed E-state index contributed by atoms with van der Waals surface area (Å²) in [5.41, 5.74) is 5.58. The van der Waals surface area contributed by atoms with E-state index in [2.05, 4.69) is 6.92 Å². The van der Waals surface area contributed by atoms with Crippen molar-refractivity contribution in [1.29, 1.82) is 0 Å². The molecular formula is C10H23NO2S. The van der Waals surface area contributed by atoms with Gasteiger partial charge in [0.25, 0.3) is 0 Å². The van der Waals surface area contributed by atoms with Crippen LogP contribution in [0.5, 0.6) is 0 Å². The van der Waals surface area contributed by atoms with Crippen molar-refractivity contribution < 1.29 is 8.42 Å². The molecule has 0 aliphatic heterocycles. The third kappa shape index (κ3) is 5.60.